The number of rotatable bonds is 7. The summed E-state index contributed by atoms with van der Waals surface area (Å²) in [5.74, 6) is 0.781. The third-order valence-corrected chi connectivity index (χ3v) is 4.67. The van der Waals surface area contributed by atoms with Crippen molar-refractivity contribution in [3.05, 3.63) is 34.9 Å². The van der Waals surface area contributed by atoms with Crippen LogP contribution < -0.4 is 10.0 Å². The van der Waals surface area contributed by atoms with Gasteiger partial charge in [0.2, 0.25) is 10.0 Å². The van der Waals surface area contributed by atoms with E-state index in [1.54, 1.807) is 14.0 Å². The van der Waals surface area contributed by atoms with Crippen LogP contribution in [0, 0.1) is 0 Å². The molecule has 0 saturated carbocycles. The van der Waals surface area contributed by atoms with Crippen molar-refractivity contribution in [2.45, 2.75) is 13.5 Å². The average molecular weight is 347 g/mol. The zero-order chi connectivity index (χ0) is 16.6. The molecule has 0 saturated heterocycles. The Labute approximate surface area is 137 Å². The molecular weight excluding hydrogens is 324 g/mol. The Hall–Kier alpha value is -1.31. The molecule has 0 fully saturated rings. The molecule has 0 atom stereocenters. The van der Waals surface area contributed by atoms with Gasteiger partial charge in [0.05, 0.1) is 5.75 Å². The van der Waals surface area contributed by atoms with Crippen LogP contribution in [0.1, 0.15) is 12.5 Å². The number of nitrogens with one attached hydrogen (secondary N) is 2. The van der Waals surface area contributed by atoms with Crippen LogP contribution in [-0.4, -0.2) is 52.2 Å². The van der Waals surface area contributed by atoms with Crippen molar-refractivity contribution in [3.8, 4) is 0 Å². The lowest BCUT2D eigenvalue weighted by Gasteiger charge is -2.22. The first-order valence-corrected chi connectivity index (χ1v) is 9.04. The minimum Gasteiger partial charge on any atom is -0.355 e. The predicted molar refractivity (Wildman–Crippen MR) is 91.7 cm³/mol. The molecule has 0 aliphatic carbocycles. The van der Waals surface area contributed by atoms with Crippen molar-refractivity contribution in [3.63, 3.8) is 0 Å². The smallest absolute Gasteiger partial charge is 0.211 e. The maximum atomic E-state index is 11.3. The first-order chi connectivity index (χ1) is 10.4. The van der Waals surface area contributed by atoms with Gasteiger partial charge >= 0.3 is 0 Å². The Morgan fingerprint density at radius 1 is 1.27 bits per heavy atom. The van der Waals surface area contributed by atoms with Gasteiger partial charge in [0.1, 0.15) is 0 Å². The van der Waals surface area contributed by atoms with Crippen molar-refractivity contribution < 1.29 is 8.42 Å². The van der Waals surface area contributed by atoms with Crippen molar-refractivity contribution in [1.82, 2.24) is 14.9 Å². The van der Waals surface area contributed by atoms with Gasteiger partial charge in [-0.2, -0.15) is 0 Å². The molecular formula is C14H23ClN4O2S. The van der Waals surface area contributed by atoms with Crippen molar-refractivity contribution >= 4 is 27.6 Å². The molecule has 0 aliphatic rings. The van der Waals surface area contributed by atoms with Gasteiger partial charge in [0.15, 0.2) is 5.96 Å². The number of sulfonamides is 1. The topological polar surface area (TPSA) is 73.8 Å². The highest BCUT2D eigenvalue weighted by molar-refractivity contribution is 7.89. The summed E-state index contributed by atoms with van der Waals surface area (Å²) in [5.41, 5.74) is 1.11. The quantitative estimate of drug-likeness (QED) is 0.443. The number of aliphatic imine (C=N–C) groups is 1. The molecule has 1 rings (SSSR count). The van der Waals surface area contributed by atoms with Crippen LogP contribution >= 0.6 is 11.6 Å². The minimum atomic E-state index is -3.15. The fourth-order valence-electron chi connectivity index (χ4n) is 1.81. The summed E-state index contributed by atoms with van der Waals surface area (Å²) in [4.78, 5) is 6.14. The van der Waals surface area contributed by atoms with E-state index < -0.39 is 10.0 Å². The molecule has 22 heavy (non-hydrogen) atoms. The number of halogens is 1. The molecule has 8 heteroatoms. The Kier molecular flexibility index (Phi) is 7.64. The molecule has 0 amide bonds. The summed E-state index contributed by atoms with van der Waals surface area (Å²) >= 11 is 5.87. The third-order valence-electron chi connectivity index (χ3n) is 3.02. The van der Waals surface area contributed by atoms with Gasteiger partial charge in [-0.05, 0) is 24.6 Å². The van der Waals surface area contributed by atoms with E-state index in [9.17, 15) is 8.42 Å². The van der Waals surface area contributed by atoms with E-state index in [0.29, 0.717) is 30.6 Å². The van der Waals surface area contributed by atoms with Gasteiger partial charge in [-0.25, -0.2) is 13.1 Å². The lowest BCUT2D eigenvalue weighted by Crippen LogP contribution is -2.42. The van der Waals surface area contributed by atoms with E-state index in [-0.39, 0.29) is 5.75 Å². The third kappa shape index (κ3) is 6.64. The van der Waals surface area contributed by atoms with E-state index in [2.05, 4.69) is 15.0 Å². The zero-order valence-corrected chi connectivity index (χ0v) is 14.7. The number of guanidine groups is 1. The van der Waals surface area contributed by atoms with E-state index in [1.165, 1.54) is 0 Å². The van der Waals surface area contributed by atoms with Crippen LogP contribution in [0.2, 0.25) is 5.02 Å². The molecule has 0 aromatic heterocycles. The molecule has 1 aromatic carbocycles. The van der Waals surface area contributed by atoms with Crippen LogP contribution in [0.4, 0.5) is 0 Å². The van der Waals surface area contributed by atoms with Gasteiger partial charge in [0.25, 0.3) is 0 Å². The molecule has 6 nitrogen and oxygen atoms in total. The average Bonchev–Trinajstić information content (AvgIpc) is 2.49. The molecule has 2 N–H and O–H groups in total. The molecule has 0 bridgehead atoms. The van der Waals surface area contributed by atoms with Gasteiger partial charge < -0.3 is 10.2 Å². The second-order valence-corrected chi connectivity index (χ2v) is 7.29. The molecule has 0 radical (unpaired) electrons. The minimum absolute atomic E-state index is 0.0815. The fraction of sp³-hybridized carbons (Fsp3) is 0.500. The Balaban J connectivity index is 2.45. The number of hydrogen-bond donors (Lipinski definition) is 2. The molecule has 0 unspecified atom stereocenters. The normalized spacial score (nSPS) is 12.3. The number of hydrogen-bond acceptors (Lipinski definition) is 3. The Morgan fingerprint density at radius 2 is 1.91 bits per heavy atom. The van der Waals surface area contributed by atoms with Gasteiger partial charge in [0, 0.05) is 38.8 Å². The highest BCUT2D eigenvalue weighted by Crippen LogP contribution is 2.10. The van der Waals surface area contributed by atoms with Crippen LogP contribution in [0.15, 0.2) is 29.3 Å². The molecule has 1 aromatic rings. The largest absolute Gasteiger partial charge is 0.355 e. The van der Waals surface area contributed by atoms with Gasteiger partial charge in [-0.3, -0.25) is 4.99 Å². The van der Waals surface area contributed by atoms with Crippen LogP contribution in [0.5, 0.6) is 0 Å². The SMILES string of the molecule is CCS(=O)(=O)NCCNC(=NC)N(C)Cc1ccc(Cl)cc1. The second kappa shape index (κ2) is 8.97. The van der Waals surface area contributed by atoms with E-state index in [1.807, 2.05) is 36.2 Å². The summed E-state index contributed by atoms with van der Waals surface area (Å²) in [6, 6.07) is 7.61. The second-order valence-electron chi connectivity index (χ2n) is 4.75. The molecule has 0 heterocycles. The van der Waals surface area contributed by atoms with Crippen molar-refractivity contribution in [1.29, 1.82) is 0 Å². The predicted octanol–water partition coefficient (Wildman–Crippen LogP) is 1.29. The maximum absolute atomic E-state index is 11.3. The summed E-state index contributed by atoms with van der Waals surface area (Å²) in [7, 11) is 0.455. The summed E-state index contributed by atoms with van der Waals surface area (Å²) in [5, 5.41) is 3.83. The highest BCUT2D eigenvalue weighted by Gasteiger charge is 2.08. The number of nitrogens with zero attached hydrogens (tertiary/aromatic N) is 2. The first kappa shape index (κ1) is 18.7. The maximum Gasteiger partial charge on any atom is 0.211 e. The first-order valence-electron chi connectivity index (χ1n) is 7.01. The standard InChI is InChI=1S/C14H23ClN4O2S/c1-4-22(20,21)18-10-9-17-14(16-2)19(3)11-12-5-7-13(15)8-6-12/h5-8,18H,4,9-11H2,1-3H3,(H,16,17). The van der Waals surface area contributed by atoms with E-state index in [4.69, 9.17) is 11.6 Å². The summed E-state index contributed by atoms with van der Waals surface area (Å²) in [6.45, 7) is 3.08. The summed E-state index contributed by atoms with van der Waals surface area (Å²) < 4.78 is 25.2. The van der Waals surface area contributed by atoms with Gasteiger partial charge in [-0.1, -0.05) is 23.7 Å². The zero-order valence-electron chi connectivity index (χ0n) is 13.1. The number of benzene rings is 1. The van der Waals surface area contributed by atoms with E-state index in [0.717, 1.165) is 5.56 Å². The van der Waals surface area contributed by atoms with Crippen molar-refractivity contribution in [2.75, 3.05) is 32.9 Å². The van der Waals surface area contributed by atoms with Crippen LogP contribution in [-0.2, 0) is 16.6 Å². The van der Waals surface area contributed by atoms with Crippen LogP contribution in [0.3, 0.4) is 0 Å². The molecule has 0 aliphatic heterocycles. The Morgan fingerprint density at radius 3 is 2.45 bits per heavy atom. The molecule has 0 spiro atoms. The summed E-state index contributed by atoms with van der Waals surface area (Å²) in [6.07, 6.45) is 0. The lowest BCUT2D eigenvalue weighted by atomic mass is 10.2. The lowest BCUT2D eigenvalue weighted by molar-refractivity contribution is 0.477. The Bertz CT molecular complexity index is 587. The van der Waals surface area contributed by atoms with Crippen molar-refractivity contribution in [2.24, 2.45) is 4.99 Å². The van der Waals surface area contributed by atoms with Gasteiger partial charge in [-0.15, -0.1) is 0 Å². The fourth-order valence-corrected chi connectivity index (χ4v) is 2.55. The molecule has 124 valence electrons. The highest BCUT2D eigenvalue weighted by atomic mass is 35.5. The monoisotopic (exact) mass is 346 g/mol. The van der Waals surface area contributed by atoms with Crippen LogP contribution in [0.25, 0.3) is 0 Å². The van der Waals surface area contributed by atoms with E-state index >= 15 is 0 Å².